The van der Waals surface area contributed by atoms with Crippen molar-refractivity contribution in [1.82, 2.24) is 10.6 Å². The highest BCUT2D eigenvalue weighted by atomic mass is 16.4. The van der Waals surface area contributed by atoms with Crippen LogP contribution in [-0.2, 0) is 19.2 Å². The van der Waals surface area contributed by atoms with E-state index in [9.17, 15) is 19.2 Å². The molecule has 0 radical (unpaired) electrons. The van der Waals surface area contributed by atoms with Gasteiger partial charge in [0.2, 0.25) is 11.8 Å². The smallest absolute Gasteiger partial charge is 0.326 e. The van der Waals surface area contributed by atoms with E-state index in [1.54, 1.807) is 13.8 Å². The molecule has 10 nitrogen and oxygen atoms in total. The summed E-state index contributed by atoms with van der Waals surface area (Å²) >= 11 is 0. The van der Waals surface area contributed by atoms with Gasteiger partial charge in [0.1, 0.15) is 18.1 Å². The number of carboxylic acid groups (broad SMARTS) is 2. The molecule has 0 saturated heterocycles. The molecule has 0 rings (SSSR count). The van der Waals surface area contributed by atoms with Crippen molar-refractivity contribution in [2.24, 2.45) is 11.7 Å². The maximum atomic E-state index is 12.1. The molecule has 2 amide bonds. The second-order valence-electron chi connectivity index (χ2n) is 5.16. The zero-order valence-corrected chi connectivity index (χ0v) is 13.0. The van der Waals surface area contributed by atoms with Crippen molar-refractivity contribution in [3.63, 3.8) is 0 Å². The van der Waals surface area contributed by atoms with Crippen LogP contribution in [0.4, 0.5) is 0 Å². The van der Waals surface area contributed by atoms with E-state index in [4.69, 9.17) is 21.1 Å². The molecule has 0 unspecified atom stereocenters. The summed E-state index contributed by atoms with van der Waals surface area (Å²) in [5, 5.41) is 31.0. The van der Waals surface area contributed by atoms with Crippen molar-refractivity contribution in [1.29, 1.82) is 0 Å². The Morgan fingerprint density at radius 1 is 1.09 bits per heavy atom. The zero-order chi connectivity index (χ0) is 18.2. The summed E-state index contributed by atoms with van der Waals surface area (Å²) in [6.45, 7) is 2.67. The lowest BCUT2D eigenvalue weighted by atomic mass is 9.98. The predicted octanol–water partition coefficient (Wildman–Crippen LogP) is -2.12. The Labute approximate surface area is 133 Å². The third-order valence-electron chi connectivity index (χ3n) is 3.32. The third kappa shape index (κ3) is 7.06. The Morgan fingerprint density at radius 2 is 1.65 bits per heavy atom. The quantitative estimate of drug-likeness (QED) is 0.262. The first-order valence-corrected chi connectivity index (χ1v) is 7.05. The fourth-order valence-corrected chi connectivity index (χ4v) is 1.68. The Hall–Kier alpha value is -2.20. The minimum absolute atomic E-state index is 0.391. The molecule has 0 aliphatic rings. The van der Waals surface area contributed by atoms with E-state index in [1.165, 1.54) is 0 Å². The van der Waals surface area contributed by atoms with Gasteiger partial charge in [0, 0.05) is 0 Å². The molecule has 0 bridgehead atoms. The summed E-state index contributed by atoms with van der Waals surface area (Å²) in [6.07, 6.45) is -0.273. The number of aliphatic carboxylic acids is 2. The first-order chi connectivity index (χ1) is 10.6. The Kier molecular flexibility index (Phi) is 8.81. The molecule has 0 aromatic heterocycles. The molecule has 0 heterocycles. The number of carbonyl (C=O) groups is 4. The molecule has 4 atom stereocenters. The first-order valence-electron chi connectivity index (χ1n) is 7.05. The fourth-order valence-electron chi connectivity index (χ4n) is 1.68. The maximum Gasteiger partial charge on any atom is 0.326 e. The van der Waals surface area contributed by atoms with Crippen LogP contribution in [0.5, 0.6) is 0 Å². The molecule has 7 N–H and O–H groups in total. The normalized spacial score (nSPS) is 15.8. The van der Waals surface area contributed by atoms with Gasteiger partial charge in [0.15, 0.2) is 0 Å². The summed E-state index contributed by atoms with van der Waals surface area (Å²) in [5.74, 6) is -4.88. The van der Waals surface area contributed by atoms with Crippen molar-refractivity contribution >= 4 is 23.8 Å². The van der Waals surface area contributed by atoms with Crippen LogP contribution < -0.4 is 16.4 Å². The minimum Gasteiger partial charge on any atom is -0.481 e. The van der Waals surface area contributed by atoms with E-state index < -0.39 is 60.8 Å². The van der Waals surface area contributed by atoms with Gasteiger partial charge in [-0.05, 0) is 5.92 Å². The number of hydrogen-bond donors (Lipinski definition) is 6. The Bertz CT molecular complexity index is 455. The van der Waals surface area contributed by atoms with E-state index in [-0.39, 0.29) is 0 Å². The molecule has 0 aliphatic heterocycles. The highest BCUT2D eigenvalue weighted by Crippen LogP contribution is 2.08. The molecule has 0 aliphatic carbocycles. The fraction of sp³-hybridized carbons (Fsp3) is 0.692. The average Bonchev–Trinajstić information content (AvgIpc) is 2.48. The second-order valence-corrected chi connectivity index (χ2v) is 5.16. The van der Waals surface area contributed by atoms with E-state index in [0.29, 0.717) is 6.42 Å². The van der Waals surface area contributed by atoms with Crippen LogP contribution in [0.15, 0.2) is 0 Å². The summed E-state index contributed by atoms with van der Waals surface area (Å²) < 4.78 is 0. The highest BCUT2D eigenvalue weighted by molar-refractivity contribution is 5.93. The van der Waals surface area contributed by atoms with Crippen LogP contribution in [-0.4, -0.2) is 63.8 Å². The number of hydrogen-bond acceptors (Lipinski definition) is 6. The number of aliphatic hydroxyl groups excluding tert-OH is 1. The Morgan fingerprint density at radius 3 is 2.04 bits per heavy atom. The molecule has 0 saturated carbocycles. The van der Waals surface area contributed by atoms with Gasteiger partial charge < -0.3 is 31.7 Å². The lowest BCUT2D eigenvalue weighted by molar-refractivity contribution is -0.144. The number of rotatable bonds is 10. The molecular formula is C13H23N3O7. The maximum absolute atomic E-state index is 12.1. The number of amides is 2. The molecular weight excluding hydrogens is 310 g/mol. The van der Waals surface area contributed by atoms with Crippen LogP contribution >= 0.6 is 0 Å². The van der Waals surface area contributed by atoms with E-state index in [2.05, 4.69) is 10.6 Å². The minimum atomic E-state index is -1.50. The van der Waals surface area contributed by atoms with Crippen molar-refractivity contribution in [3.05, 3.63) is 0 Å². The van der Waals surface area contributed by atoms with Crippen molar-refractivity contribution in [2.45, 2.75) is 44.8 Å². The van der Waals surface area contributed by atoms with Gasteiger partial charge in [-0.25, -0.2) is 4.79 Å². The molecule has 10 heteroatoms. The molecule has 0 spiro atoms. The first kappa shape index (κ1) is 20.8. The van der Waals surface area contributed by atoms with Gasteiger partial charge in [-0.1, -0.05) is 20.3 Å². The summed E-state index contributed by atoms with van der Waals surface area (Å²) in [4.78, 5) is 45.7. The Balaban J connectivity index is 5.08. The average molecular weight is 333 g/mol. The van der Waals surface area contributed by atoms with E-state index in [1.807, 2.05) is 0 Å². The van der Waals surface area contributed by atoms with Gasteiger partial charge >= 0.3 is 11.9 Å². The monoisotopic (exact) mass is 333 g/mol. The van der Waals surface area contributed by atoms with Gasteiger partial charge in [0.25, 0.3) is 0 Å². The molecule has 132 valence electrons. The van der Waals surface area contributed by atoms with E-state index >= 15 is 0 Å². The number of carboxylic acids is 2. The topological polar surface area (TPSA) is 179 Å². The third-order valence-corrected chi connectivity index (χ3v) is 3.32. The van der Waals surface area contributed by atoms with Crippen molar-refractivity contribution in [3.8, 4) is 0 Å². The summed E-state index contributed by atoms with van der Waals surface area (Å²) in [6, 6.07) is -4.03. The molecule has 0 fully saturated rings. The molecule has 23 heavy (non-hydrogen) atoms. The lowest BCUT2D eigenvalue weighted by Crippen LogP contribution is -2.56. The standard InChI is InChI=1S/C13H23N3O7/c1-3-6(2)10(13(22)23)16-12(21)8(4-9(18)19)15-11(20)7(14)5-17/h6-8,10,17H,3-5,14H2,1-2H3,(H,15,20)(H,16,21)(H,18,19)(H,22,23)/t6-,7-,8-,10-/m0/s1. The molecule has 0 aromatic rings. The van der Waals surface area contributed by atoms with Gasteiger partial charge in [-0.3, -0.25) is 14.4 Å². The van der Waals surface area contributed by atoms with E-state index in [0.717, 1.165) is 0 Å². The molecule has 0 aromatic carbocycles. The number of nitrogens with one attached hydrogen (secondary N) is 2. The van der Waals surface area contributed by atoms with Crippen molar-refractivity contribution < 1.29 is 34.5 Å². The summed E-state index contributed by atoms with van der Waals surface area (Å²) in [7, 11) is 0. The van der Waals surface area contributed by atoms with Crippen molar-refractivity contribution in [2.75, 3.05) is 6.61 Å². The van der Waals surface area contributed by atoms with Gasteiger partial charge in [-0.15, -0.1) is 0 Å². The van der Waals surface area contributed by atoms with Gasteiger partial charge in [0.05, 0.1) is 13.0 Å². The second kappa shape index (κ2) is 9.74. The summed E-state index contributed by atoms with van der Waals surface area (Å²) in [5.41, 5.74) is 5.28. The number of carbonyl (C=O) groups excluding carboxylic acids is 2. The highest BCUT2D eigenvalue weighted by Gasteiger charge is 2.31. The lowest BCUT2D eigenvalue weighted by Gasteiger charge is -2.24. The van der Waals surface area contributed by atoms with Crippen LogP contribution in [0.3, 0.4) is 0 Å². The predicted molar refractivity (Wildman–Crippen MR) is 78.3 cm³/mol. The number of aliphatic hydroxyl groups is 1. The zero-order valence-electron chi connectivity index (χ0n) is 13.0. The number of nitrogens with two attached hydrogens (primary N) is 1. The van der Waals surface area contributed by atoms with Crippen LogP contribution in [0.25, 0.3) is 0 Å². The van der Waals surface area contributed by atoms with Gasteiger partial charge in [-0.2, -0.15) is 0 Å². The van der Waals surface area contributed by atoms with Crippen LogP contribution in [0.1, 0.15) is 26.7 Å². The largest absolute Gasteiger partial charge is 0.481 e. The SMILES string of the molecule is CC[C@H](C)[C@H](NC(=O)[C@H](CC(=O)O)NC(=O)[C@@H](N)CO)C(=O)O. The van der Waals surface area contributed by atoms with Crippen LogP contribution in [0.2, 0.25) is 0 Å². The van der Waals surface area contributed by atoms with Crippen LogP contribution in [0, 0.1) is 5.92 Å².